The number of aromatic amines is 1. The molecule has 17 nitrogen and oxygen atoms in total. The summed E-state index contributed by atoms with van der Waals surface area (Å²) < 4.78 is 63.4. The Morgan fingerprint density at radius 1 is 0.863 bits per heavy atom. The quantitative estimate of drug-likeness (QED) is 0.0651. The summed E-state index contributed by atoms with van der Waals surface area (Å²) >= 11 is 0. The molecule has 3 fully saturated rings. The molecule has 4 aliphatic heterocycles. The number of benzene rings is 3. The number of imide groups is 2. The zero-order valence-corrected chi connectivity index (χ0v) is 40.9. The molecule has 4 N–H and O–H groups in total. The number of pyridine rings is 1. The standard InChI is InChI=1S/C52H59F4N9O8/c1-31-28-64(29-32(2)61(31)3)42-12-10-35(25-41(42)59-48(69)38-27-58-46(68)26-39(38)52(54,55)56)37-24-33(9-11-40(37)53)30-63-20-18-62(19-21-63)17-16-57-44(66)15-23-73-22-5-7-34-6-4-8-36-47(34)51(72)65(50(36)71)43-13-14-45(67)60-49(43)70/h4,6,8-12,24-27,31-32,43H,5,7,13-23,28-30H2,1-3H3,(H,57,66)(H,58,68)(H,59,69)(H,60,67,70)/t31-,32+,43?. The number of aryl methyl sites for hydroxylation is 1. The zero-order valence-electron chi connectivity index (χ0n) is 40.9. The second kappa shape index (κ2) is 22.5. The third kappa shape index (κ3) is 12.2. The van der Waals surface area contributed by atoms with Gasteiger partial charge in [-0.3, -0.25) is 58.5 Å². The number of nitrogens with zero attached hydrogens (tertiary/aromatic N) is 5. The van der Waals surface area contributed by atoms with Crippen LogP contribution in [0.15, 0.2) is 71.7 Å². The van der Waals surface area contributed by atoms with Crippen LogP contribution in [0, 0.1) is 5.82 Å². The fraction of sp³-hybridized carbons (Fsp3) is 0.442. The van der Waals surface area contributed by atoms with Crippen LogP contribution in [-0.2, 0) is 38.3 Å². The maximum Gasteiger partial charge on any atom is 0.417 e. The maximum atomic E-state index is 15.7. The number of aromatic nitrogens is 1. The molecule has 1 aromatic heterocycles. The lowest BCUT2D eigenvalue weighted by Crippen LogP contribution is -2.55. The largest absolute Gasteiger partial charge is 0.417 e. The highest BCUT2D eigenvalue weighted by atomic mass is 19.4. The van der Waals surface area contributed by atoms with Crippen molar-refractivity contribution in [1.82, 2.24) is 35.2 Å². The minimum Gasteiger partial charge on any atom is -0.381 e. The number of rotatable bonds is 17. The first-order valence-electron chi connectivity index (χ1n) is 24.5. The number of carbonyl (C=O) groups is 6. The van der Waals surface area contributed by atoms with Gasteiger partial charge in [0.2, 0.25) is 23.3 Å². The molecule has 4 aliphatic rings. The number of hydrogen-bond donors (Lipinski definition) is 4. The average Bonchev–Trinajstić information content (AvgIpc) is 3.60. The van der Waals surface area contributed by atoms with Crippen LogP contribution in [0.3, 0.4) is 0 Å². The number of alkyl halides is 3. The van der Waals surface area contributed by atoms with Gasteiger partial charge in [-0.2, -0.15) is 13.2 Å². The van der Waals surface area contributed by atoms with E-state index in [1.165, 1.54) is 6.07 Å². The van der Waals surface area contributed by atoms with E-state index in [0.29, 0.717) is 75.1 Å². The number of ether oxygens (including phenoxy) is 1. The highest BCUT2D eigenvalue weighted by Crippen LogP contribution is 2.37. The summed E-state index contributed by atoms with van der Waals surface area (Å²) in [4.78, 5) is 100. The van der Waals surface area contributed by atoms with E-state index in [1.54, 1.807) is 48.5 Å². The molecular weight excluding hydrogens is 955 g/mol. The first kappa shape index (κ1) is 52.5. The Bertz CT molecular complexity index is 2820. The van der Waals surface area contributed by atoms with Crippen molar-refractivity contribution in [3.63, 3.8) is 0 Å². The van der Waals surface area contributed by atoms with Gasteiger partial charge in [-0.25, -0.2) is 4.39 Å². The maximum absolute atomic E-state index is 15.7. The summed E-state index contributed by atoms with van der Waals surface area (Å²) in [5.41, 5.74) is 0.281. The number of piperidine rings is 1. The van der Waals surface area contributed by atoms with E-state index in [1.807, 2.05) is 11.9 Å². The van der Waals surface area contributed by atoms with Gasteiger partial charge in [0.1, 0.15) is 11.9 Å². The topological polar surface area (TPSA) is 197 Å². The van der Waals surface area contributed by atoms with Gasteiger partial charge in [-0.1, -0.05) is 24.3 Å². The Balaban J connectivity index is 0.793. The van der Waals surface area contributed by atoms with E-state index in [0.717, 1.165) is 42.8 Å². The summed E-state index contributed by atoms with van der Waals surface area (Å²) in [5, 5.41) is 7.80. The molecule has 6 amide bonds. The van der Waals surface area contributed by atoms with Gasteiger partial charge in [0.05, 0.1) is 40.2 Å². The van der Waals surface area contributed by atoms with Gasteiger partial charge in [0, 0.05) is 108 Å². The van der Waals surface area contributed by atoms with Gasteiger partial charge < -0.3 is 25.3 Å². The van der Waals surface area contributed by atoms with Crippen molar-refractivity contribution in [1.29, 1.82) is 0 Å². The van der Waals surface area contributed by atoms with Crippen LogP contribution in [0.4, 0.5) is 28.9 Å². The van der Waals surface area contributed by atoms with Crippen molar-refractivity contribution in [2.75, 3.05) is 82.8 Å². The molecule has 21 heteroatoms. The normalized spacial score (nSPS) is 20.1. The van der Waals surface area contributed by atoms with Crippen molar-refractivity contribution >= 4 is 46.8 Å². The van der Waals surface area contributed by atoms with E-state index < -0.39 is 64.3 Å². The molecule has 3 aromatic carbocycles. The minimum atomic E-state index is -4.97. The summed E-state index contributed by atoms with van der Waals surface area (Å²) in [6, 6.07) is 14.4. The first-order chi connectivity index (χ1) is 34.9. The molecule has 388 valence electrons. The number of hydrogen-bond acceptors (Lipinski definition) is 12. The summed E-state index contributed by atoms with van der Waals surface area (Å²) in [7, 11) is 2.01. The van der Waals surface area contributed by atoms with Crippen molar-refractivity contribution in [2.24, 2.45) is 0 Å². The lowest BCUT2D eigenvalue weighted by Gasteiger charge is -2.44. The number of amides is 6. The zero-order chi connectivity index (χ0) is 52.1. The van der Waals surface area contributed by atoms with Crippen LogP contribution < -0.4 is 26.4 Å². The van der Waals surface area contributed by atoms with Gasteiger partial charge in [0.25, 0.3) is 17.7 Å². The molecule has 3 atom stereocenters. The second-order valence-corrected chi connectivity index (χ2v) is 19.1. The first-order valence-corrected chi connectivity index (χ1v) is 24.5. The highest BCUT2D eigenvalue weighted by molar-refractivity contribution is 6.24. The monoisotopic (exact) mass is 1010 g/mol. The van der Waals surface area contributed by atoms with Crippen molar-refractivity contribution < 1.29 is 51.1 Å². The molecule has 0 aliphatic carbocycles. The van der Waals surface area contributed by atoms with Crippen LogP contribution >= 0.6 is 0 Å². The molecule has 5 heterocycles. The molecule has 0 bridgehead atoms. The lowest BCUT2D eigenvalue weighted by molar-refractivity contribution is -0.138. The fourth-order valence-electron chi connectivity index (χ4n) is 9.95. The molecular formula is C52H59F4N9O8. The number of carbonyl (C=O) groups excluding carboxylic acids is 6. The van der Waals surface area contributed by atoms with Gasteiger partial charge in [-0.05, 0) is 87.2 Å². The average molecular weight is 1010 g/mol. The van der Waals surface area contributed by atoms with Gasteiger partial charge in [-0.15, -0.1) is 0 Å². The number of likely N-dealkylation sites (N-methyl/N-ethyl adjacent to an activating group) is 1. The molecule has 0 saturated carbocycles. The summed E-state index contributed by atoms with van der Waals surface area (Å²) in [6.45, 7) is 10.3. The Morgan fingerprint density at radius 3 is 2.33 bits per heavy atom. The highest BCUT2D eigenvalue weighted by Gasteiger charge is 2.45. The van der Waals surface area contributed by atoms with Crippen molar-refractivity contribution in [2.45, 2.75) is 76.8 Å². The van der Waals surface area contributed by atoms with E-state index in [-0.39, 0.29) is 66.2 Å². The van der Waals surface area contributed by atoms with Gasteiger partial charge in [0.15, 0.2) is 0 Å². The Morgan fingerprint density at radius 2 is 1.60 bits per heavy atom. The Kier molecular flexibility index (Phi) is 16.2. The molecule has 4 aromatic rings. The third-order valence-electron chi connectivity index (χ3n) is 14.1. The second-order valence-electron chi connectivity index (χ2n) is 19.1. The number of nitrogens with one attached hydrogen (secondary N) is 4. The minimum absolute atomic E-state index is 0.0391. The SMILES string of the molecule is C[C@@H]1CN(c2ccc(-c3cc(CN4CCN(CCNC(=O)CCOCCCc5cccc6c5C(=O)N(C5CCC(=O)NC5=O)C6=O)CC4)ccc3F)cc2NC(=O)c2c[nH]c(=O)cc2C(F)(F)F)C[C@H](C)N1C. The van der Waals surface area contributed by atoms with Crippen LogP contribution in [0.2, 0.25) is 0 Å². The fourth-order valence-corrected chi connectivity index (χ4v) is 9.95. The summed E-state index contributed by atoms with van der Waals surface area (Å²) in [6.07, 6.45) is -2.98. The van der Waals surface area contributed by atoms with Crippen LogP contribution in [0.5, 0.6) is 0 Å². The molecule has 0 radical (unpaired) electrons. The molecule has 8 rings (SSSR count). The molecule has 0 spiro atoms. The van der Waals surface area contributed by atoms with Crippen molar-refractivity contribution in [3.8, 4) is 11.1 Å². The molecule has 73 heavy (non-hydrogen) atoms. The van der Waals surface area contributed by atoms with Crippen LogP contribution in [0.1, 0.15) is 87.3 Å². The summed E-state index contributed by atoms with van der Waals surface area (Å²) in [5.74, 6) is -3.96. The van der Waals surface area contributed by atoms with E-state index in [4.69, 9.17) is 4.74 Å². The third-order valence-corrected chi connectivity index (χ3v) is 14.1. The molecule has 3 saturated heterocycles. The van der Waals surface area contributed by atoms with Crippen LogP contribution in [0.25, 0.3) is 11.1 Å². The Hall–Kier alpha value is -6.81. The lowest BCUT2D eigenvalue weighted by atomic mass is 9.99. The predicted octanol–water partition coefficient (Wildman–Crippen LogP) is 4.66. The Labute approximate surface area is 419 Å². The van der Waals surface area contributed by atoms with Crippen LogP contribution in [-0.4, -0.2) is 151 Å². The number of halogens is 4. The number of fused-ring (bicyclic) bond motifs is 1. The van der Waals surface area contributed by atoms with E-state index in [9.17, 15) is 46.7 Å². The van der Waals surface area contributed by atoms with E-state index in [2.05, 4.69) is 49.5 Å². The van der Waals surface area contributed by atoms with Gasteiger partial charge >= 0.3 is 6.18 Å². The smallest absolute Gasteiger partial charge is 0.381 e. The predicted molar refractivity (Wildman–Crippen MR) is 262 cm³/mol. The molecule has 1 unspecified atom stereocenters. The van der Waals surface area contributed by atoms with E-state index >= 15 is 4.39 Å². The number of H-pyrrole nitrogens is 1. The van der Waals surface area contributed by atoms with Crippen molar-refractivity contribution in [3.05, 3.63) is 116 Å². The number of anilines is 2. The number of piperazine rings is 2.